The third-order valence-electron chi connectivity index (χ3n) is 4.22. The Morgan fingerprint density at radius 1 is 1.23 bits per heavy atom. The Balaban J connectivity index is 1.67. The van der Waals surface area contributed by atoms with Crippen molar-refractivity contribution >= 4 is 51.6 Å². The van der Waals surface area contributed by atoms with Crippen LogP contribution in [0.15, 0.2) is 41.0 Å². The standard InChI is InChI=1S/C19H21ClN6O2S2/c1-4-26-15(11(2)22-17(28)13-5-7-14(20)8-6-13)24-25-19(26)30-12(3)16(27)23-18-21-9-10-29-18/h5-12H,4H2,1-3H3,(H,22,28)(H,21,23,27)/t11-,12-/m1/s1. The maximum atomic E-state index is 12.5. The summed E-state index contributed by atoms with van der Waals surface area (Å²) in [5, 5.41) is 17.3. The average molecular weight is 465 g/mol. The van der Waals surface area contributed by atoms with E-state index in [1.807, 2.05) is 18.4 Å². The number of amides is 2. The molecule has 2 aromatic heterocycles. The predicted molar refractivity (Wildman–Crippen MR) is 119 cm³/mol. The molecule has 30 heavy (non-hydrogen) atoms. The van der Waals surface area contributed by atoms with Gasteiger partial charge in [-0.05, 0) is 45.0 Å². The number of thioether (sulfide) groups is 1. The highest BCUT2D eigenvalue weighted by atomic mass is 35.5. The van der Waals surface area contributed by atoms with Gasteiger partial charge in [0.05, 0.1) is 11.3 Å². The van der Waals surface area contributed by atoms with E-state index >= 15 is 0 Å². The van der Waals surface area contributed by atoms with E-state index < -0.39 is 5.25 Å². The predicted octanol–water partition coefficient (Wildman–Crippen LogP) is 4.02. The van der Waals surface area contributed by atoms with Crippen molar-refractivity contribution in [2.45, 2.75) is 43.8 Å². The number of nitrogens with zero attached hydrogens (tertiary/aromatic N) is 4. The second-order valence-electron chi connectivity index (χ2n) is 6.37. The quantitative estimate of drug-likeness (QED) is 0.488. The third kappa shape index (κ3) is 5.38. The molecule has 2 N–H and O–H groups in total. The number of halogens is 1. The van der Waals surface area contributed by atoms with Crippen molar-refractivity contribution in [1.82, 2.24) is 25.1 Å². The highest BCUT2D eigenvalue weighted by Crippen LogP contribution is 2.26. The summed E-state index contributed by atoms with van der Waals surface area (Å²) in [6.07, 6.45) is 1.64. The van der Waals surface area contributed by atoms with Gasteiger partial charge in [0.25, 0.3) is 5.91 Å². The number of hydrogen-bond acceptors (Lipinski definition) is 7. The van der Waals surface area contributed by atoms with E-state index in [-0.39, 0.29) is 17.9 Å². The van der Waals surface area contributed by atoms with Crippen LogP contribution in [0.2, 0.25) is 5.02 Å². The van der Waals surface area contributed by atoms with Gasteiger partial charge in [0.2, 0.25) is 5.91 Å². The smallest absolute Gasteiger partial charge is 0.251 e. The number of thiazole rings is 1. The molecule has 1 aromatic carbocycles. The Hall–Kier alpha value is -2.43. The largest absolute Gasteiger partial charge is 0.342 e. The van der Waals surface area contributed by atoms with Gasteiger partial charge >= 0.3 is 0 Å². The number of carbonyl (C=O) groups is 2. The fourth-order valence-corrected chi connectivity index (χ4v) is 4.23. The lowest BCUT2D eigenvalue weighted by atomic mass is 10.2. The van der Waals surface area contributed by atoms with Crippen LogP contribution in [-0.4, -0.2) is 36.8 Å². The summed E-state index contributed by atoms with van der Waals surface area (Å²) in [5.41, 5.74) is 0.510. The number of carbonyl (C=O) groups excluding carboxylic acids is 2. The number of aromatic nitrogens is 4. The van der Waals surface area contributed by atoms with Gasteiger partial charge in [0, 0.05) is 28.7 Å². The van der Waals surface area contributed by atoms with Gasteiger partial charge in [-0.15, -0.1) is 21.5 Å². The molecule has 2 heterocycles. The first-order valence-corrected chi connectivity index (χ1v) is 11.4. The monoisotopic (exact) mass is 464 g/mol. The Kier molecular flexibility index (Phi) is 7.46. The zero-order valence-electron chi connectivity index (χ0n) is 16.6. The van der Waals surface area contributed by atoms with Crippen molar-refractivity contribution in [3.05, 3.63) is 52.3 Å². The van der Waals surface area contributed by atoms with Crippen LogP contribution in [-0.2, 0) is 11.3 Å². The van der Waals surface area contributed by atoms with Crippen LogP contribution in [0.3, 0.4) is 0 Å². The van der Waals surface area contributed by atoms with E-state index in [0.29, 0.717) is 33.2 Å². The lowest BCUT2D eigenvalue weighted by molar-refractivity contribution is -0.115. The molecule has 0 unspecified atom stereocenters. The van der Waals surface area contributed by atoms with Crippen LogP contribution in [0.4, 0.5) is 5.13 Å². The summed E-state index contributed by atoms with van der Waals surface area (Å²) >= 11 is 8.55. The minimum Gasteiger partial charge on any atom is -0.342 e. The second-order valence-corrected chi connectivity index (χ2v) is 9.01. The number of rotatable bonds is 8. The van der Waals surface area contributed by atoms with Crippen molar-refractivity contribution in [2.75, 3.05) is 5.32 Å². The van der Waals surface area contributed by atoms with Crippen LogP contribution in [0.1, 0.15) is 43.0 Å². The van der Waals surface area contributed by atoms with Crippen LogP contribution >= 0.6 is 34.7 Å². The molecule has 2 amide bonds. The Morgan fingerprint density at radius 2 is 1.97 bits per heavy atom. The summed E-state index contributed by atoms with van der Waals surface area (Å²) < 4.78 is 1.89. The molecule has 0 saturated carbocycles. The van der Waals surface area contributed by atoms with Crippen LogP contribution in [0.25, 0.3) is 0 Å². The molecule has 0 spiro atoms. The normalized spacial score (nSPS) is 12.9. The first kappa shape index (κ1) is 22.3. The molecule has 0 radical (unpaired) electrons. The Bertz CT molecular complexity index is 1010. The van der Waals surface area contributed by atoms with Crippen molar-refractivity contribution in [1.29, 1.82) is 0 Å². The molecule has 0 saturated heterocycles. The van der Waals surface area contributed by atoms with Crippen LogP contribution in [0, 0.1) is 0 Å². The van der Waals surface area contributed by atoms with E-state index in [1.54, 1.807) is 42.8 Å². The lowest BCUT2D eigenvalue weighted by Crippen LogP contribution is -2.29. The molecular weight excluding hydrogens is 444 g/mol. The first-order chi connectivity index (χ1) is 14.4. The molecule has 0 bridgehead atoms. The molecule has 11 heteroatoms. The number of hydrogen-bond donors (Lipinski definition) is 2. The highest BCUT2D eigenvalue weighted by molar-refractivity contribution is 8.00. The van der Waals surface area contributed by atoms with Gasteiger partial charge in [0.1, 0.15) is 0 Å². The molecule has 0 fully saturated rings. The fraction of sp³-hybridized carbons (Fsp3) is 0.316. The van der Waals surface area contributed by atoms with Gasteiger partial charge in [-0.1, -0.05) is 23.4 Å². The molecule has 0 aliphatic heterocycles. The molecule has 8 nitrogen and oxygen atoms in total. The van der Waals surface area contributed by atoms with Gasteiger partial charge in [0.15, 0.2) is 16.1 Å². The number of nitrogens with one attached hydrogen (secondary N) is 2. The summed E-state index contributed by atoms with van der Waals surface area (Å²) in [6.45, 7) is 6.21. The highest BCUT2D eigenvalue weighted by Gasteiger charge is 2.23. The minimum absolute atomic E-state index is 0.161. The number of benzene rings is 1. The topological polar surface area (TPSA) is 102 Å². The average Bonchev–Trinajstić information content (AvgIpc) is 3.37. The molecule has 0 aliphatic rings. The van der Waals surface area contributed by atoms with Crippen molar-refractivity contribution < 1.29 is 9.59 Å². The maximum Gasteiger partial charge on any atom is 0.251 e. The summed E-state index contributed by atoms with van der Waals surface area (Å²) in [4.78, 5) is 28.9. The third-order valence-corrected chi connectivity index (χ3v) is 6.24. The van der Waals surface area contributed by atoms with Crippen LogP contribution < -0.4 is 10.6 Å². The van der Waals surface area contributed by atoms with E-state index in [4.69, 9.17) is 11.6 Å². The van der Waals surface area contributed by atoms with Gasteiger partial charge in [-0.25, -0.2) is 4.98 Å². The second kappa shape index (κ2) is 10.1. The van der Waals surface area contributed by atoms with Gasteiger partial charge in [-0.3, -0.25) is 9.59 Å². The van der Waals surface area contributed by atoms with Gasteiger partial charge < -0.3 is 15.2 Å². The SMILES string of the molecule is CCn1c(S[C@H](C)C(=O)Nc2nccs2)nnc1[C@@H](C)NC(=O)c1ccc(Cl)cc1. The van der Waals surface area contributed by atoms with Gasteiger partial charge in [-0.2, -0.15) is 0 Å². The molecule has 3 rings (SSSR count). The summed E-state index contributed by atoms with van der Waals surface area (Å²) in [5.74, 6) is 0.233. The van der Waals surface area contributed by atoms with E-state index in [9.17, 15) is 9.59 Å². The molecule has 0 aliphatic carbocycles. The number of anilines is 1. The maximum absolute atomic E-state index is 12.5. The molecular formula is C19H21ClN6O2S2. The van der Waals surface area contributed by atoms with Crippen molar-refractivity contribution in [3.63, 3.8) is 0 Å². The molecule has 2 atom stereocenters. The van der Waals surface area contributed by atoms with Crippen LogP contribution in [0.5, 0.6) is 0 Å². The van der Waals surface area contributed by atoms with Crippen molar-refractivity contribution in [2.24, 2.45) is 0 Å². The Labute approximate surface area is 187 Å². The molecule has 3 aromatic rings. The Morgan fingerprint density at radius 3 is 2.60 bits per heavy atom. The molecule has 158 valence electrons. The van der Waals surface area contributed by atoms with E-state index in [1.165, 1.54) is 23.1 Å². The van der Waals surface area contributed by atoms with E-state index in [0.717, 1.165) is 0 Å². The lowest BCUT2D eigenvalue weighted by Gasteiger charge is -2.16. The fourth-order valence-electron chi connectivity index (χ4n) is 2.65. The zero-order valence-corrected chi connectivity index (χ0v) is 19.0. The zero-order chi connectivity index (χ0) is 21.7. The summed E-state index contributed by atoms with van der Waals surface area (Å²) in [6, 6.07) is 6.30. The van der Waals surface area contributed by atoms with E-state index in [2.05, 4.69) is 25.8 Å². The minimum atomic E-state index is -0.393. The summed E-state index contributed by atoms with van der Waals surface area (Å²) in [7, 11) is 0. The first-order valence-electron chi connectivity index (χ1n) is 9.25. The van der Waals surface area contributed by atoms with Crippen molar-refractivity contribution in [3.8, 4) is 0 Å².